The Balaban J connectivity index is 2.03. The molecule has 1 aromatic rings. The predicted molar refractivity (Wildman–Crippen MR) is 83.2 cm³/mol. The van der Waals surface area contributed by atoms with Gasteiger partial charge in [-0.3, -0.25) is 9.59 Å². The molecule has 0 aliphatic carbocycles. The van der Waals surface area contributed by atoms with E-state index in [1.807, 2.05) is 44.2 Å². The first-order chi connectivity index (χ1) is 11.1. The van der Waals surface area contributed by atoms with Crippen LogP contribution in [0, 0.1) is 0 Å². The molecule has 24 heavy (non-hydrogen) atoms. The Morgan fingerprint density at radius 2 is 1.83 bits per heavy atom. The van der Waals surface area contributed by atoms with E-state index in [1.54, 1.807) is 0 Å². The third kappa shape index (κ3) is 4.49. The molecule has 1 unspecified atom stereocenters. The van der Waals surface area contributed by atoms with Crippen LogP contribution in [0.5, 0.6) is 0 Å². The second-order valence-corrected chi connectivity index (χ2v) is 6.69. The second kappa shape index (κ2) is 6.83. The highest BCUT2D eigenvalue weighted by Gasteiger charge is 2.48. The van der Waals surface area contributed by atoms with Crippen LogP contribution in [0.4, 0.5) is 13.2 Å². The van der Waals surface area contributed by atoms with Crippen LogP contribution in [0.25, 0.3) is 0 Å². The van der Waals surface area contributed by atoms with Crippen LogP contribution in [0.15, 0.2) is 30.3 Å². The maximum atomic E-state index is 12.6. The van der Waals surface area contributed by atoms with Crippen molar-refractivity contribution in [3.63, 3.8) is 0 Å². The summed E-state index contributed by atoms with van der Waals surface area (Å²) in [5.41, 5.74) is 0.381. The van der Waals surface area contributed by atoms with Crippen LogP contribution >= 0.6 is 0 Å². The Morgan fingerprint density at radius 1 is 1.21 bits per heavy atom. The normalized spacial score (nSPS) is 18.5. The first kappa shape index (κ1) is 18.3. The average Bonchev–Trinajstić information content (AvgIpc) is 2.94. The summed E-state index contributed by atoms with van der Waals surface area (Å²) in [5, 5.41) is 2.78. The van der Waals surface area contributed by atoms with Crippen LogP contribution in [-0.4, -0.2) is 41.0 Å². The quantitative estimate of drug-likeness (QED) is 0.915. The van der Waals surface area contributed by atoms with Crippen molar-refractivity contribution >= 4 is 11.8 Å². The Bertz CT molecular complexity index is 600. The molecule has 2 rings (SSSR count). The molecule has 1 fully saturated rings. The van der Waals surface area contributed by atoms with Crippen LogP contribution in [0.3, 0.4) is 0 Å². The zero-order chi connectivity index (χ0) is 18.0. The number of rotatable bonds is 4. The third-order valence-corrected chi connectivity index (χ3v) is 4.01. The van der Waals surface area contributed by atoms with Gasteiger partial charge in [-0.05, 0) is 38.7 Å². The fourth-order valence-corrected chi connectivity index (χ4v) is 3.01. The number of halogens is 3. The molecule has 0 aromatic heterocycles. The number of carbonyl (C=O) groups is 2. The molecule has 1 saturated heterocycles. The van der Waals surface area contributed by atoms with Crippen LogP contribution in [0.2, 0.25) is 0 Å². The number of hydrogen-bond acceptors (Lipinski definition) is 2. The fourth-order valence-electron chi connectivity index (χ4n) is 3.01. The SMILES string of the molecule is CC(C)(Cc1ccccc1)NC(=O)C1CCCN1C(=O)C(F)(F)F. The van der Waals surface area contributed by atoms with Gasteiger partial charge in [-0.15, -0.1) is 0 Å². The summed E-state index contributed by atoms with van der Waals surface area (Å²) in [5.74, 6) is -2.48. The van der Waals surface area contributed by atoms with E-state index >= 15 is 0 Å². The lowest BCUT2D eigenvalue weighted by molar-refractivity contribution is -0.186. The van der Waals surface area contributed by atoms with Crippen LogP contribution in [-0.2, 0) is 16.0 Å². The van der Waals surface area contributed by atoms with Crippen LogP contribution in [0.1, 0.15) is 32.3 Å². The summed E-state index contributed by atoms with van der Waals surface area (Å²) in [7, 11) is 0. The second-order valence-electron chi connectivity index (χ2n) is 6.69. The Labute approximate surface area is 139 Å². The lowest BCUT2D eigenvalue weighted by Gasteiger charge is -2.31. The van der Waals surface area contributed by atoms with Gasteiger partial charge in [0.1, 0.15) is 6.04 Å². The molecule has 1 heterocycles. The van der Waals surface area contributed by atoms with E-state index in [9.17, 15) is 22.8 Å². The molecule has 4 nitrogen and oxygen atoms in total. The van der Waals surface area contributed by atoms with Crippen molar-refractivity contribution in [1.29, 1.82) is 0 Å². The third-order valence-electron chi connectivity index (χ3n) is 4.01. The first-order valence-electron chi connectivity index (χ1n) is 7.84. The minimum Gasteiger partial charge on any atom is -0.349 e. The van der Waals surface area contributed by atoms with Crippen molar-refractivity contribution in [2.45, 2.75) is 50.9 Å². The van der Waals surface area contributed by atoms with E-state index in [4.69, 9.17) is 0 Å². The van der Waals surface area contributed by atoms with Crippen molar-refractivity contribution in [3.05, 3.63) is 35.9 Å². The van der Waals surface area contributed by atoms with E-state index in [0.29, 0.717) is 17.7 Å². The van der Waals surface area contributed by atoms with Gasteiger partial charge in [-0.1, -0.05) is 30.3 Å². The highest BCUT2D eigenvalue weighted by atomic mass is 19.4. The molecular formula is C17H21F3N2O2. The van der Waals surface area contributed by atoms with Gasteiger partial charge in [0, 0.05) is 12.1 Å². The van der Waals surface area contributed by atoms with Gasteiger partial charge in [0.05, 0.1) is 0 Å². The van der Waals surface area contributed by atoms with Gasteiger partial charge >= 0.3 is 12.1 Å². The summed E-state index contributed by atoms with van der Waals surface area (Å²) in [6, 6.07) is 8.43. The van der Waals surface area contributed by atoms with E-state index < -0.39 is 29.6 Å². The number of hydrogen-bond donors (Lipinski definition) is 1. The first-order valence-corrected chi connectivity index (χ1v) is 7.84. The molecule has 2 amide bonds. The summed E-state index contributed by atoms with van der Waals surface area (Å²) < 4.78 is 37.9. The lowest BCUT2D eigenvalue weighted by atomic mass is 9.94. The highest BCUT2D eigenvalue weighted by Crippen LogP contribution is 2.26. The molecule has 1 aromatic carbocycles. The van der Waals surface area contributed by atoms with Gasteiger partial charge in [0.25, 0.3) is 0 Å². The molecule has 7 heteroatoms. The van der Waals surface area contributed by atoms with E-state index in [0.717, 1.165) is 5.56 Å². The summed E-state index contributed by atoms with van der Waals surface area (Å²) in [6.45, 7) is 3.57. The van der Waals surface area contributed by atoms with E-state index in [2.05, 4.69) is 5.32 Å². The standard InChI is InChI=1S/C17H21F3N2O2/c1-16(2,11-12-7-4-3-5-8-12)21-14(23)13-9-6-10-22(13)15(24)17(18,19)20/h3-5,7-8,13H,6,9-11H2,1-2H3,(H,21,23). The molecule has 0 bridgehead atoms. The van der Waals surface area contributed by atoms with Gasteiger partial charge < -0.3 is 10.2 Å². The molecule has 0 spiro atoms. The number of carbonyl (C=O) groups excluding carboxylic acids is 2. The smallest absolute Gasteiger partial charge is 0.349 e. The van der Waals surface area contributed by atoms with Crippen molar-refractivity contribution in [2.24, 2.45) is 0 Å². The molecule has 0 radical (unpaired) electrons. The highest BCUT2D eigenvalue weighted by molar-refractivity contribution is 5.90. The van der Waals surface area contributed by atoms with Crippen LogP contribution < -0.4 is 5.32 Å². The lowest BCUT2D eigenvalue weighted by Crippen LogP contribution is -2.55. The Hall–Kier alpha value is -2.05. The number of amides is 2. The van der Waals surface area contributed by atoms with E-state index in [-0.39, 0.29) is 13.0 Å². The van der Waals surface area contributed by atoms with Gasteiger partial charge in [0.15, 0.2) is 0 Å². The monoisotopic (exact) mass is 342 g/mol. The average molecular weight is 342 g/mol. The maximum absolute atomic E-state index is 12.6. The minimum absolute atomic E-state index is 0.0461. The molecule has 1 aliphatic rings. The van der Waals surface area contributed by atoms with Crippen molar-refractivity contribution in [1.82, 2.24) is 10.2 Å². The predicted octanol–water partition coefficient (Wildman–Crippen LogP) is 2.68. The molecular weight excluding hydrogens is 321 g/mol. The molecule has 132 valence electrons. The maximum Gasteiger partial charge on any atom is 0.471 e. The number of benzene rings is 1. The molecule has 0 saturated carbocycles. The van der Waals surface area contributed by atoms with Crippen molar-refractivity contribution in [2.75, 3.05) is 6.54 Å². The molecule has 1 atom stereocenters. The van der Waals surface area contributed by atoms with Crippen molar-refractivity contribution < 1.29 is 22.8 Å². The summed E-state index contributed by atoms with van der Waals surface area (Å²) in [6.07, 6.45) is -3.78. The number of nitrogens with zero attached hydrogens (tertiary/aromatic N) is 1. The zero-order valence-corrected chi connectivity index (χ0v) is 13.7. The number of alkyl halides is 3. The van der Waals surface area contributed by atoms with Gasteiger partial charge in [0.2, 0.25) is 5.91 Å². The van der Waals surface area contributed by atoms with Gasteiger partial charge in [-0.2, -0.15) is 13.2 Å². The van der Waals surface area contributed by atoms with Gasteiger partial charge in [-0.25, -0.2) is 0 Å². The van der Waals surface area contributed by atoms with Crippen molar-refractivity contribution in [3.8, 4) is 0 Å². The molecule has 1 N–H and O–H groups in total. The fraction of sp³-hybridized carbons (Fsp3) is 0.529. The van der Waals surface area contributed by atoms with E-state index in [1.165, 1.54) is 0 Å². The summed E-state index contributed by atoms with van der Waals surface area (Å²) in [4.78, 5) is 24.5. The number of nitrogens with one attached hydrogen (secondary N) is 1. The zero-order valence-electron chi connectivity index (χ0n) is 13.7. The molecule has 1 aliphatic heterocycles. The Kier molecular flexibility index (Phi) is 5.20. The minimum atomic E-state index is -4.96. The topological polar surface area (TPSA) is 49.4 Å². The number of likely N-dealkylation sites (tertiary alicyclic amines) is 1. The Morgan fingerprint density at radius 3 is 2.42 bits per heavy atom. The summed E-state index contributed by atoms with van der Waals surface area (Å²) >= 11 is 0. The largest absolute Gasteiger partial charge is 0.471 e.